The molecule has 1 unspecified atom stereocenters. The third-order valence-electron chi connectivity index (χ3n) is 2.29. The highest BCUT2D eigenvalue weighted by atomic mass is 35.5. The zero-order valence-corrected chi connectivity index (χ0v) is 11.4. The van der Waals surface area contributed by atoms with E-state index >= 15 is 0 Å². The molecular formula is C11H17ClN4O2. The molecule has 0 radical (unpaired) electrons. The third-order valence-corrected chi connectivity index (χ3v) is 2.48. The highest BCUT2D eigenvalue weighted by Gasteiger charge is 2.20. The monoisotopic (exact) mass is 272 g/mol. The number of nitrogens with two attached hydrogens (primary N) is 1. The molecule has 1 aromatic rings. The van der Waals surface area contributed by atoms with Crippen molar-refractivity contribution in [1.82, 2.24) is 9.97 Å². The van der Waals surface area contributed by atoms with E-state index in [0.29, 0.717) is 11.6 Å². The van der Waals surface area contributed by atoms with Gasteiger partial charge in [0.1, 0.15) is 23.6 Å². The molecule has 0 aliphatic carbocycles. The molecule has 1 heterocycles. The van der Waals surface area contributed by atoms with Crippen molar-refractivity contribution in [2.75, 3.05) is 12.4 Å². The van der Waals surface area contributed by atoms with E-state index in [0.717, 1.165) is 0 Å². The molecule has 0 aromatic carbocycles. The number of carbonyl (C=O) groups is 1. The summed E-state index contributed by atoms with van der Waals surface area (Å²) in [5.74, 6) is 0.508. The van der Waals surface area contributed by atoms with Gasteiger partial charge in [-0.25, -0.2) is 9.97 Å². The number of amides is 1. The van der Waals surface area contributed by atoms with Crippen LogP contribution in [0.2, 0.25) is 5.15 Å². The number of rotatable bonds is 6. The maximum atomic E-state index is 11.3. The summed E-state index contributed by atoms with van der Waals surface area (Å²) in [6, 6.07) is 1.03. The molecule has 7 heteroatoms. The molecule has 0 bridgehead atoms. The van der Waals surface area contributed by atoms with Gasteiger partial charge < -0.3 is 15.8 Å². The molecule has 0 aliphatic rings. The van der Waals surface area contributed by atoms with Crippen LogP contribution in [0.1, 0.15) is 19.7 Å². The van der Waals surface area contributed by atoms with Gasteiger partial charge in [0.25, 0.3) is 0 Å². The lowest BCUT2D eigenvalue weighted by atomic mass is 10.0. The van der Waals surface area contributed by atoms with Crippen LogP contribution in [0.15, 0.2) is 6.07 Å². The van der Waals surface area contributed by atoms with Gasteiger partial charge in [0.05, 0.1) is 0 Å². The average molecular weight is 273 g/mol. The smallest absolute Gasteiger partial charge is 0.240 e. The molecule has 1 amide bonds. The van der Waals surface area contributed by atoms with Crippen LogP contribution >= 0.6 is 11.6 Å². The Labute approximate surface area is 111 Å². The number of hydrogen-bond acceptors (Lipinski definition) is 5. The molecule has 0 aliphatic heterocycles. The van der Waals surface area contributed by atoms with Crippen LogP contribution in [0.25, 0.3) is 0 Å². The predicted octanol–water partition coefficient (Wildman–Crippen LogP) is 1.20. The van der Waals surface area contributed by atoms with Gasteiger partial charge in [0, 0.05) is 13.2 Å². The third kappa shape index (κ3) is 4.12. The van der Waals surface area contributed by atoms with Gasteiger partial charge in [-0.3, -0.25) is 4.79 Å². The van der Waals surface area contributed by atoms with Crippen LogP contribution < -0.4 is 11.1 Å². The summed E-state index contributed by atoms with van der Waals surface area (Å²) in [7, 11) is 1.54. The molecule has 0 spiro atoms. The number of aromatic nitrogens is 2. The van der Waals surface area contributed by atoms with E-state index in [9.17, 15) is 4.79 Å². The van der Waals surface area contributed by atoms with E-state index in [2.05, 4.69) is 15.3 Å². The van der Waals surface area contributed by atoms with Gasteiger partial charge in [-0.15, -0.1) is 0 Å². The van der Waals surface area contributed by atoms with Crippen LogP contribution in [0.3, 0.4) is 0 Å². The number of carbonyl (C=O) groups excluding carboxylic acids is 1. The second-order valence-electron chi connectivity index (χ2n) is 4.19. The fraction of sp³-hybridized carbons (Fsp3) is 0.545. The highest BCUT2D eigenvalue weighted by molar-refractivity contribution is 6.29. The summed E-state index contributed by atoms with van der Waals surface area (Å²) in [5, 5.41) is 3.24. The lowest BCUT2D eigenvalue weighted by Crippen LogP contribution is -2.39. The quantitative estimate of drug-likeness (QED) is 0.760. The number of primary amides is 1. The fourth-order valence-corrected chi connectivity index (χ4v) is 1.66. The lowest BCUT2D eigenvalue weighted by molar-refractivity contribution is -0.119. The van der Waals surface area contributed by atoms with Crippen molar-refractivity contribution in [1.29, 1.82) is 0 Å². The molecule has 100 valence electrons. The van der Waals surface area contributed by atoms with E-state index in [4.69, 9.17) is 22.1 Å². The van der Waals surface area contributed by atoms with Gasteiger partial charge in [-0.1, -0.05) is 25.4 Å². The molecular weight excluding hydrogens is 256 g/mol. The molecule has 0 saturated carbocycles. The Balaban J connectivity index is 2.91. The van der Waals surface area contributed by atoms with Gasteiger partial charge >= 0.3 is 0 Å². The van der Waals surface area contributed by atoms with Gasteiger partial charge in [0.15, 0.2) is 5.82 Å². The van der Waals surface area contributed by atoms with E-state index in [1.165, 1.54) is 7.11 Å². The SMILES string of the molecule is COCc1nc(Cl)cc(NC(C(N)=O)C(C)C)n1. The maximum Gasteiger partial charge on any atom is 0.240 e. The molecule has 0 fully saturated rings. The van der Waals surface area contributed by atoms with Crippen molar-refractivity contribution in [3.8, 4) is 0 Å². The van der Waals surface area contributed by atoms with Crippen LogP contribution in [-0.4, -0.2) is 29.0 Å². The van der Waals surface area contributed by atoms with Crippen molar-refractivity contribution in [3.63, 3.8) is 0 Å². The molecule has 3 N–H and O–H groups in total. The van der Waals surface area contributed by atoms with Crippen LogP contribution in [0.4, 0.5) is 5.82 Å². The molecule has 6 nitrogen and oxygen atoms in total. The van der Waals surface area contributed by atoms with E-state index < -0.39 is 11.9 Å². The van der Waals surface area contributed by atoms with Gasteiger partial charge in [-0.05, 0) is 5.92 Å². The van der Waals surface area contributed by atoms with Crippen molar-refractivity contribution in [2.45, 2.75) is 26.5 Å². The Morgan fingerprint density at radius 3 is 2.72 bits per heavy atom. The van der Waals surface area contributed by atoms with Crippen LogP contribution in [-0.2, 0) is 16.1 Å². The molecule has 1 aromatic heterocycles. The molecule has 0 saturated heterocycles. The Morgan fingerprint density at radius 1 is 1.56 bits per heavy atom. The molecule has 1 atom stereocenters. The van der Waals surface area contributed by atoms with Crippen molar-refractivity contribution in [3.05, 3.63) is 17.0 Å². The Morgan fingerprint density at radius 2 is 2.22 bits per heavy atom. The van der Waals surface area contributed by atoms with Crippen LogP contribution in [0, 0.1) is 5.92 Å². The summed E-state index contributed by atoms with van der Waals surface area (Å²) in [6.07, 6.45) is 0. The van der Waals surface area contributed by atoms with Gasteiger partial charge in [-0.2, -0.15) is 0 Å². The second kappa shape index (κ2) is 6.51. The topological polar surface area (TPSA) is 90.1 Å². The highest BCUT2D eigenvalue weighted by Crippen LogP contribution is 2.15. The van der Waals surface area contributed by atoms with E-state index in [1.54, 1.807) is 6.07 Å². The average Bonchev–Trinajstić information content (AvgIpc) is 2.24. The molecule has 1 rings (SSSR count). The first-order valence-corrected chi connectivity index (χ1v) is 5.90. The first kappa shape index (κ1) is 14.7. The minimum absolute atomic E-state index is 0.0436. The largest absolute Gasteiger partial charge is 0.377 e. The van der Waals surface area contributed by atoms with Gasteiger partial charge in [0.2, 0.25) is 5.91 Å². The lowest BCUT2D eigenvalue weighted by Gasteiger charge is -2.19. The van der Waals surface area contributed by atoms with Crippen molar-refractivity contribution < 1.29 is 9.53 Å². The number of hydrogen-bond donors (Lipinski definition) is 2. The number of methoxy groups -OCH3 is 1. The Hall–Kier alpha value is -1.40. The minimum Gasteiger partial charge on any atom is -0.377 e. The normalized spacial score (nSPS) is 12.5. The van der Waals surface area contributed by atoms with Crippen LogP contribution in [0.5, 0.6) is 0 Å². The number of nitrogens with zero attached hydrogens (tertiary/aromatic N) is 2. The second-order valence-corrected chi connectivity index (χ2v) is 4.58. The maximum absolute atomic E-state index is 11.3. The number of halogens is 1. The first-order chi connectivity index (χ1) is 8.43. The van der Waals surface area contributed by atoms with Crippen molar-refractivity contribution >= 4 is 23.3 Å². The summed E-state index contributed by atoms with van der Waals surface area (Å²) < 4.78 is 4.93. The zero-order valence-electron chi connectivity index (χ0n) is 10.6. The predicted molar refractivity (Wildman–Crippen MR) is 69.2 cm³/mol. The number of anilines is 1. The number of nitrogens with one attached hydrogen (secondary N) is 1. The summed E-state index contributed by atoms with van der Waals surface area (Å²) >= 11 is 5.87. The van der Waals surface area contributed by atoms with E-state index in [1.807, 2.05) is 13.8 Å². The molecule has 18 heavy (non-hydrogen) atoms. The Bertz CT molecular complexity index is 426. The summed E-state index contributed by atoms with van der Waals surface area (Å²) in [5.41, 5.74) is 5.32. The Kier molecular flexibility index (Phi) is 5.30. The standard InChI is InChI=1S/C11H17ClN4O2/c1-6(2)10(11(13)17)16-8-4-7(12)14-9(15-8)5-18-3/h4,6,10H,5H2,1-3H3,(H2,13,17)(H,14,15,16). The zero-order chi connectivity index (χ0) is 13.7. The fourth-order valence-electron chi connectivity index (χ4n) is 1.46. The first-order valence-electron chi connectivity index (χ1n) is 5.52. The summed E-state index contributed by atoms with van der Waals surface area (Å²) in [6.45, 7) is 4.03. The number of ether oxygens (including phenoxy) is 1. The van der Waals surface area contributed by atoms with E-state index in [-0.39, 0.29) is 17.7 Å². The van der Waals surface area contributed by atoms with Crippen molar-refractivity contribution in [2.24, 2.45) is 11.7 Å². The minimum atomic E-state index is -0.508. The summed E-state index contributed by atoms with van der Waals surface area (Å²) in [4.78, 5) is 19.5.